The quantitative estimate of drug-likeness (QED) is 0.253. The van der Waals surface area contributed by atoms with Gasteiger partial charge in [-0.1, -0.05) is 58.1 Å². The largest absolute Gasteiger partial charge is 0.271 e. The van der Waals surface area contributed by atoms with Gasteiger partial charge in [-0.25, -0.2) is 9.97 Å². The van der Waals surface area contributed by atoms with Crippen molar-refractivity contribution in [1.82, 2.24) is 15.4 Å². The van der Waals surface area contributed by atoms with Gasteiger partial charge < -0.3 is 0 Å². The first-order chi connectivity index (χ1) is 10.6. The van der Waals surface area contributed by atoms with Crippen LogP contribution in [0.15, 0.2) is 41.7 Å². The number of hydrazine groups is 1. The van der Waals surface area contributed by atoms with Crippen LogP contribution < -0.4 is 10.4 Å². The lowest BCUT2D eigenvalue weighted by molar-refractivity contribution is 0.0951. The molecule has 8 heteroatoms. The Morgan fingerprint density at radius 1 is 1.32 bits per heavy atom. The van der Waals surface area contributed by atoms with Crippen LogP contribution in [0.4, 0.5) is 5.82 Å². The number of thioether (sulfide) groups is 1. The Labute approximate surface area is 153 Å². The van der Waals surface area contributed by atoms with Gasteiger partial charge in [0.2, 0.25) is 0 Å². The minimum atomic E-state index is -0.289. The third kappa shape index (κ3) is 5.29. The highest BCUT2D eigenvalue weighted by molar-refractivity contribution is 14.1. The van der Waals surface area contributed by atoms with E-state index in [0.29, 0.717) is 21.6 Å². The van der Waals surface area contributed by atoms with E-state index < -0.39 is 0 Å². The molecule has 0 aliphatic carbocycles. The SMILES string of the molecule is CI.CSc1nccc(N(C)NC(=O)c2ccccc2Cl)n1. The molecule has 0 saturated carbocycles. The fourth-order valence-electron chi connectivity index (χ4n) is 1.53. The molecule has 0 aliphatic heterocycles. The van der Waals surface area contributed by atoms with Crippen LogP contribution in [0.2, 0.25) is 5.02 Å². The van der Waals surface area contributed by atoms with Crippen LogP contribution in [-0.4, -0.2) is 34.1 Å². The summed E-state index contributed by atoms with van der Waals surface area (Å²) in [4.78, 5) is 22.5. The summed E-state index contributed by atoms with van der Waals surface area (Å²) in [6.07, 6.45) is 3.54. The molecular weight excluding hydrogens is 435 g/mol. The number of carbonyl (C=O) groups is 1. The predicted molar refractivity (Wildman–Crippen MR) is 101 cm³/mol. The molecule has 1 aromatic carbocycles. The second kappa shape index (κ2) is 9.86. The summed E-state index contributed by atoms with van der Waals surface area (Å²) in [5.41, 5.74) is 3.13. The van der Waals surface area contributed by atoms with E-state index in [1.807, 2.05) is 11.2 Å². The zero-order valence-corrected chi connectivity index (χ0v) is 16.1. The average molecular weight is 451 g/mol. The van der Waals surface area contributed by atoms with Gasteiger partial charge in [0.1, 0.15) is 0 Å². The molecule has 0 atom stereocenters. The summed E-state index contributed by atoms with van der Waals surface area (Å²) in [6, 6.07) is 8.59. The summed E-state index contributed by atoms with van der Waals surface area (Å²) in [5.74, 6) is 0.312. The Morgan fingerprint density at radius 3 is 2.64 bits per heavy atom. The molecule has 0 aliphatic rings. The number of carbonyl (C=O) groups excluding carboxylic acids is 1. The van der Waals surface area contributed by atoms with Crippen molar-refractivity contribution in [3.63, 3.8) is 0 Å². The van der Waals surface area contributed by atoms with Gasteiger partial charge in [-0.05, 0) is 23.3 Å². The highest BCUT2D eigenvalue weighted by Crippen LogP contribution is 2.16. The summed E-state index contributed by atoms with van der Waals surface area (Å²) >= 11 is 9.57. The smallest absolute Gasteiger partial charge is 0.271 e. The highest BCUT2D eigenvalue weighted by atomic mass is 127. The summed E-state index contributed by atoms with van der Waals surface area (Å²) < 4.78 is 0. The van der Waals surface area contributed by atoms with Crippen molar-refractivity contribution in [2.45, 2.75) is 5.16 Å². The fraction of sp³-hybridized carbons (Fsp3) is 0.214. The third-order valence-electron chi connectivity index (χ3n) is 2.53. The lowest BCUT2D eigenvalue weighted by Gasteiger charge is -2.19. The third-order valence-corrected chi connectivity index (χ3v) is 3.42. The Hall–Kier alpha value is -1.06. The second-order valence-electron chi connectivity index (χ2n) is 3.88. The lowest BCUT2D eigenvalue weighted by atomic mass is 10.2. The number of amides is 1. The first-order valence-electron chi connectivity index (χ1n) is 6.16. The highest BCUT2D eigenvalue weighted by Gasteiger charge is 2.12. The van der Waals surface area contributed by atoms with E-state index in [0.717, 1.165) is 0 Å². The molecule has 22 heavy (non-hydrogen) atoms. The molecule has 0 spiro atoms. The van der Waals surface area contributed by atoms with Crippen molar-refractivity contribution in [2.24, 2.45) is 0 Å². The van der Waals surface area contributed by atoms with Crippen molar-refractivity contribution in [1.29, 1.82) is 0 Å². The van der Waals surface area contributed by atoms with Crippen LogP contribution in [0, 0.1) is 0 Å². The van der Waals surface area contributed by atoms with E-state index in [-0.39, 0.29) is 5.91 Å². The van der Waals surface area contributed by atoms with E-state index in [2.05, 4.69) is 38.0 Å². The van der Waals surface area contributed by atoms with Crippen molar-refractivity contribution < 1.29 is 4.79 Å². The van der Waals surface area contributed by atoms with Gasteiger partial charge in [-0.15, -0.1) is 0 Å². The van der Waals surface area contributed by atoms with Gasteiger partial charge >= 0.3 is 0 Å². The Bertz CT molecular complexity index is 629. The van der Waals surface area contributed by atoms with Gasteiger partial charge in [0.15, 0.2) is 11.0 Å². The number of nitrogens with zero attached hydrogens (tertiary/aromatic N) is 3. The number of hydrogen-bond acceptors (Lipinski definition) is 5. The molecule has 0 bridgehead atoms. The van der Waals surface area contributed by atoms with E-state index in [1.165, 1.54) is 16.8 Å². The Balaban J connectivity index is 0.00000116. The van der Waals surface area contributed by atoms with Gasteiger partial charge in [0.25, 0.3) is 5.91 Å². The van der Waals surface area contributed by atoms with Crippen LogP contribution in [0.5, 0.6) is 0 Å². The summed E-state index contributed by atoms with van der Waals surface area (Å²) in [6.45, 7) is 0. The number of benzene rings is 1. The molecule has 118 valence electrons. The minimum Gasteiger partial charge on any atom is -0.271 e. The van der Waals surface area contributed by atoms with Crippen LogP contribution in [-0.2, 0) is 0 Å². The second-order valence-corrected chi connectivity index (χ2v) is 5.06. The Kier molecular flexibility index (Phi) is 8.51. The van der Waals surface area contributed by atoms with Crippen LogP contribution in [0.25, 0.3) is 0 Å². The van der Waals surface area contributed by atoms with Gasteiger partial charge in [-0.2, -0.15) is 0 Å². The zero-order chi connectivity index (χ0) is 16.5. The molecule has 0 radical (unpaired) electrons. The maximum atomic E-state index is 12.1. The molecule has 2 rings (SSSR count). The fourth-order valence-corrected chi connectivity index (χ4v) is 2.10. The molecule has 2 aromatic rings. The topological polar surface area (TPSA) is 58.1 Å². The monoisotopic (exact) mass is 450 g/mol. The van der Waals surface area contributed by atoms with Crippen LogP contribution in [0.1, 0.15) is 10.4 Å². The summed E-state index contributed by atoms with van der Waals surface area (Å²) in [5, 5.41) is 2.58. The minimum absolute atomic E-state index is 0.289. The number of halogens is 2. The average Bonchev–Trinajstić information content (AvgIpc) is 2.57. The zero-order valence-electron chi connectivity index (χ0n) is 12.4. The number of aromatic nitrogens is 2. The molecule has 0 saturated heterocycles. The molecule has 1 aromatic heterocycles. The van der Waals surface area contributed by atoms with Crippen molar-refractivity contribution in [3.8, 4) is 0 Å². The van der Waals surface area contributed by atoms with Crippen molar-refractivity contribution in [2.75, 3.05) is 23.2 Å². The number of rotatable bonds is 4. The van der Waals surface area contributed by atoms with Gasteiger partial charge in [0, 0.05) is 19.3 Å². The molecule has 0 fully saturated rings. The number of nitrogens with one attached hydrogen (secondary N) is 1. The van der Waals surface area contributed by atoms with Crippen LogP contribution >= 0.6 is 46.0 Å². The molecule has 0 unspecified atom stereocenters. The van der Waals surface area contributed by atoms with E-state index in [9.17, 15) is 4.79 Å². The standard InChI is InChI=1S/C13H13ClN4OS.CH3I/c1-18(11-7-8-15-13(16-11)20-2)17-12(19)9-5-3-4-6-10(9)14;1-2/h3-8H,1-2H3,(H,17,19);1H3. The first-order valence-corrected chi connectivity index (χ1v) is 9.92. The Morgan fingerprint density at radius 2 is 2.00 bits per heavy atom. The predicted octanol–water partition coefficient (Wildman–Crippen LogP) is 3.68. The van der Waals surface area contributed by atoms with Crippen molar-refractivity contribution >= 4 is 57.7 Å². The number of alkyl halides is 1. The normalized spacial score (nSPS) is 9.50. The van der Waals surface area contributed by atoms with E-state index in [1.54, 1.807) is 43.6 Å². The van der Waals surface area contributed by atoms with Gasteiger partial charge in [-0.3, -0.25) is 15.2 Å². The molecule has 1 heterocycles. The van der Waals surface area contributed by atoms with Crippen LogP contribution in [0.3, 0.4) is 0 Å². The molecule has 1 N–H and O–H groups in total. The molecular formula is C14H16ClIN4OS. The van der Waals surface area contributed by atoms with Gasteiger partial charge in [0.05, 0.1) is 10.6 Å². The van der Waals surface area contributed by atoms with E-state index >= 15 is 0 Å². The lowest BCUT2D eigenvalue weighted by Crippen LogP contribution is -2.40. The van der Waals surface area contributed by atoms with Crippen molar-refractivity contribution in [3.05, 3.63) is 47.1 Å². The summed E-state index contributed by atoms with van der Waals surface area (Å²) in [7, 11) is 1.71. The number of hydrogen-bond donors (Lipinski definition) is 1. The first kappa shape index (κ1) is 19.0. The molecule has 5 nitrogen and oxygen atoms in total. The maximum Gasteiger partial charge on any atom is 0.271 e. The van der Waals surface area contributed by atoms with E-state index in [4.69, 9.17) is 11.6 Å². The maximum absolute atomic E-state index is 12.1. The molecule has 1 amide bonds. The number of anilines is 1.